The average molecular weight is 382 g/mol. The molecule has 1 N–H and O–H groups in total. The first-order valence-electron chi connectivity index (χ1n) is 8.81. The second-order valence-corrected chi connectivity index (χ2v) is 9.06. The quantitative estimate of drug-likeness (QED) is 0.777. The molecule has 1 amide bonds. The van der Waals surface area contributed by atoms with Crippen molar-refractivity contribution in [3.05, 3.63) is 18.2 Å². The number of rotatable bonds is 7. The van der Waals surface area contributed by atoms with Gasteiger partial charge in [0.1, 0.15) is 18.0 Å². The number of amides is 1. The molecule has 2 aliphatic carbocycles. The zero-order chi connectivity index (χ0) is 18.9. The minimum atomic E-state index is -3.68. The summed E-state index contributed by atoms with van der Waals surface area (Å²) in [5.74, 6) is 1.79. The van der Waals surface area contributed by atoms with E-state index in [1.807, 2.05) is 0 Å². The van der Waals surface area contributed by atoms with Crippen molar-refractivity contribution in [3.8, 4) is 11.5 Å². The molecular formula is C18H26N2O5S. The van der Waals surface area contributed by atoms with Crippen molar-refractivity contribution in [3.63, 3.8) is 0 Å². The highest BCUT2D eigenvalue weighted by Gasteiger charge is 2.40. The van der Waals surface area contributed by atoms with Crippen molar-refractivity contribution >= 4 is 21.6 Å². The lowest BCUT2D eigenvalue weighted by molar-refractivity contribution is -0.120. The van der Waals surface area contributed by atoms with Crippen LogP contribution in [-0.4, -0.2) is 47.4 Å². The van der Waals surface area contributed by atoms with E-state index in [1.54, 1.807) is 18.2 Å². The molecule has 1 aromatic carbocycles. The molecule has 8 heteroatoms. The van der Waals surface area contributed by atoms with Crippen LogP contribution in [0.2, 0.25) is 0 Å². The van der Waals surface area contributed by atoms with Gasteiger partial charge in [-0.15, -0.1) is 0 Å². The van der Waals surface area contributed by atoms with E-state index in [4.69, 9.17) is 9.47 Å². The number of nitrogens with zero attached hydrogens (tertiary/aromatic N) is 1. The van der Waals surface area contributed by atoms with Crippen molar-refractivity contribution in [2.45, 2.75) is 31.7 Å². The third-order valence-electron chi connectivity index (χ3n) is 5.43. The molecule has 2 aliphatic rings. The van der Waals surface area contributed by atoms with Crippen LogP contribution in [0.1, 0.15) is 25.7 Å². The van der Waals surface area contributed by atoms with Crippen molar-refractivity contribution in [2.75, 3.05) is 31.3 Å². The van der Waals surface area contributed by atoms with E-state index in [1.165, 1.54) is 27.1 Å². The number of benzene rings is 1. The predicted octanol–water partition coefficient (Wildman–Crippen LogP) is 1.77. The number of methoxy groups -OCH3 is 2. The highest BCUT2D eigenvalue weighted by atomic mass is 32.2. The molecule has 0 heterocycles. The SMILES string of the molecule is COc1ccc(OC)c(N(CC(=O)N[C@H]2C[C@@H]3CC[C@@H]2C3)S(C)(=O)=O)c1. The standard InChI is InChI=1S/C18H26N2O5S/c1-24-14-6-7-17(25-2)16(10-14)20(26(3,22)23)11-18(21)19-15-9-12-4-5-13(15)8-12/h6-7,10,12-13,15H,4-5,8-9,11H2,1-3H3,(H,19,21)/t12-,13-,15+/m1/s1. The smallest absolute Gasteiger partial charge is 0.241 e. The first kappa shape index (κ1) is 18.8. The van der Waals surface area contributed by atoms with Gasteiger partial charge in [-0.1, -0.05) is 6.42 Å². The Morgan fingerprint density at radius 1 is 1.23 bits per heavy atom. The monoisotopic (exact) mass is 382 g/mol. The Balaban J connectivity index is 1.80. The topological polar surface area (TPSA) is 84.9 Å². The summed E-state index contributed by atoms with van der Waals surface area (Å²) in [4.78, 5) is 12.6. The average Bonchev–Trinajstić information content (AvgIpc) is 3.21. The number of carbonyl (C=O) groups excluding carboxylic acids is 1. The molecule has 0 radical (unpaired) electrons. The zero-order valence-corrected chi connectivity index (χ0v) is 16.2. The number of nitrogens with one attached hydrogen (secondary N) is 1. The number of hydrogen-bond acceptors (Lipinski definition) is 5. The number of sulfonamides is 1. The normalized spacial score (nSPS) is 24.3. The predicted molar refractivity (Wildman–Crippen MR) is 99.1 cm³/mol. The number of hydrogen-bond donors (Lipinski definition) is 1. The Labute approximate surface area is 154 Å². The van der Waals surface area contributed by atoms with Crippen molar-refractivity contribution in [1.29, 1.82) is 0 Å². The second kappa shape index (κ2) is 7.34. The van der Waals surface area contributed by atoms with Gasteiger partial charge in [0, 0.05) is 12.1 Å². The lowest BCUT2D eigenvalue weighted by Gasteiger charge is -2.27. The Morgan fingerprint density at radius 2 is 2.00 bits per heavy atom. The summed E-state index contributed by atoms with van der Waals surface area (Å²) >= 11 is 0. The molecule has 3 atom stereocenters. The molecule has 2 fully saturated rings. The van der Waals surface area contributed by atoms with Gasteiger partial charge < -0.3 is 14.8 Å². The fraction of sp³-hybridized carbons (Fsp3) is 0.611. The maximum absolute atomic E-state index is 12.6. The molecule has 3 rings (SSSR count). The Hall–Kier alpha value is -1.96. The third-order valence-corrected chi connectivity index (χ3v) is 6.55. The molecule has 0 spiro atoms. The fourth-order valence-corrected chi connectivity index (χ4v) is 5.03. The van der Waals surface area contributed by atoms with Crippen LogP contribution in [0.15, 0.2) is 18.2 Å². The van der Waals surface area contributed by atoms with Crippen LogP contribution in [0, 0.1) is 11.8 Å². The number of ether oxygens (including phenoxy) is 2. The minimum Gasteiger partial charge on any atom is -0.497 e. The van der Waals surface area contributed by atoms with E-state index < -0.39 is 10.0 Å². The summed E-state index contributed by atoms with van der Waals surface area (Å²) in [5.41, 5.74) is 0.289. The first-order valence-corrected chi connectivity index (χ1v) is 10.7. The molecule has 7 nitrogen and oxygen atoms in total. The van der Waals surface area contributed by atoms with Crippen LogP contribution in [0.4, 0.5) is 5.69 Å². The van der Waals surface area contributed by atoms with Gasteiger partial charge in [-0.05, 0) is 43.2 Å². The van der Waals surface area contributed by atoms with E-state index >= 15 is 0 Å². The van der Waals surface area contributed by atoms with Crippen molar-refractivity contribution in [2.24, 2.45) is 11.8 Å². The molecule has 0 unspecified atom stereocenters. The molecule has 144 valence electrons. The van der Waals surface area contributed by atoms with E-state index in [9.17, 15) is 13.2 Å². The van der Waals surface area contributed by atoms with Gasteiger partial charge in [0.25, 0.3) is 0 Å². The van der Waals surface area contributed by atoms with Gasteiger partial charge in [0.05, 0.1) is 26.2 Å². The molecule has 2 saturated carbocycles. The Kier molecular flexibility index (Phi) is 5.32. The highest BCUT2D eigenvalue weighted by Crippen LogP contribution is 2.44. The number of carbonyl (C=O) groups is 1. The van der Waals surface area contributed by atoms with E-state index in [2.05, 4.69) is 5.32 Å². The third kappa shape index (κ3) is 3.90. The van der Waals surface area contributed by atoms with Crippen molar-refractivity contribution < 1.29 is 22.7 Å². The fourth-order valence-electron chi connectivity index (χ4n) is 4.18. The van der Waals surface area contributed by atoms with Gasteiger partial charge in [-0.2, -0.15) is 0 Å². The van der Waals surface area contributed by atoms with Crippen LogP contribution in [0.5, 0.6) is 11.5 Å². The summed E-state index contributed by atoms with van der Waals surface area (Å²) in [6.45, 7) is -0.282. The molecular weight excluding hydrogens is 356 g/mol. The first-order chi connectivity index (χ1) is 12.3. The summed E-state index contributed by atoms with van der Waals surface area (Å²) in [6.07, 6.45) is 5.64. The molecule has 0 aromatic heterocycles. The van der Waals surface area contributed by atoms with Crippen LogP contribution in [0.25, 0.3) is 0 Å². The van der Waals surface area contributed by atoms with Crippen LogP contribution in [-0.2, 0) is 14.8 Å². The van der Waals surface area contributed by atoms with Crippen molar-refractivity contribution in [1.82, 2.24) is 5.32 Å². The summed E-state index contributed by atoms with van der Waals surface area (Å²) in [7, 11) is -0.720. The van der Waals surface area contributed by atoms with E-state index in [0.29, 0.717) is 23.3 Å². The summed E-state index contributed by atoms with van der Waals surface area (Å²) < 4.78 is 36.2. The molecule has 0 saturated heterocycles. The summed E-state index contributed by atoms with van der Waals surface area (Å²) in [5, 5.41) is 3.03. The number of anilines is 1. The lowest BCUT2D eigenvalue weighted by atomic mass is 9.95. The number of fused-ring (bicyclic) bond motifs is 2. The zero-order valence-electron chi connectivity index (χ0n) is 15.4. The minimum absolute atomic E-state index is 0.162. The molecule has 1 aromatic rings. The Morgan fingerprint density at radius 3 is 2.54 bits per heavy atom. The molecule has 26 heavy (non-hydrogen) atoms. The van der Waals surface area contributed by atoms with Gasteiger partial charge >= 0.3 is 0 Å². The van der Waals surface area contributed by atoms with Crippen LogP contribution >= 0.6 is 0 Å². The molecule has 2 bridgehead atoms. The summed E-state index contributed by atoms with van der Waals surface area (Å²) in [6, 6.07) is 5.03. The second-order valence-electron chi connectivity index (χ2n) is 7.16. The maximum Gasteiger partial charge on any atom is 0.241 e. The van der Waals surface area contributed by atoms with Gasteiger partial charge in [0.15, 0.2) is 0 Å². The lowest BCUT2D eigenvalue weighted by Crippen LogP contribution is -2.45. The largest absolute Gasteiger partial charge is 0.497 e. The van der Waals surface area contributed by atoms with Gasteiger partial charge in [-0.25, -0.2) is 8.42 Å². The van der Waals surface area contributed by atoms with Crippen LogP contribution < -0.4 is 19.1 Å². The Bertz CT molecular complexity index is 780. The maximum atomic E-state index is 12.6. The highest BCUT2D eigenvalue weighted by molar-refractivity contribution is 7.92. The van der Waals surface area contributed by atoms with Crippen LogP contribution in [0.3, 0.4) is 0 Å². The van der Waals surface area contributed by atoms with Gasteiger partial charge in [-0.3, -0.25) is 9.10 Å². The van der Waals surface area contributed by atoms with E-state index in [0.717, 1.165) is 23.4 Å². The van der Waals surface area contributed by atoms with E-state index in [-0.39, 0.29) is 24.2 Å². The molecule has 0 aliphatic heterocycles. The van der Waals surface area contributed by atoms with Gasteiger partial charge in [0.2, 0.25) is 15.9 Å².